The van der Waals surface area contributed by atoms with Crippen molar-refractivity contribution in [3.05, 3.63) is 35.9 Å². The van der Waals surface area contributed by atoms with Crippen molar-refractivity contribution in [3.8, 4) is 0 Å². The van der Waals surface area contributed by atoms with Crippen LogP contribution < -0.4 is 0 Å². The molecule has 0 unspecified atom stereocenters. The maximum absolute atomic E-state index is 11.9. The van der Waals surface area contributed by atoms with E-state index < -0.39 is 11.8 Å². The van der Waals surface area contributed by atoms with Crippen molar-refractivity contribution in [3.63, 3.8) is 0 Å². The van der Waals surface area contributed by atoms with E-state index in [4.69, 9.17) is 37.9 Å². The van der Waals surface area contributed by atoms with Gasteiger partial charge >= 0.3 is 5.97 Å². The average Bonchev–Trinajstić information content (AvgIpc) is 3.14. The molecule has 0 spiro atoms. The van der Waals surface area contributed by atoms with Crippen molar-refractivity contribution in [1.82, 2.24) is 0 Å². The van der Waals surface area contributed by atoms with Gasteiger partial charge in [-0.05, 0) is 6.42 Å². The number of ether oxygens (including phenoxy) is 8. The van der Waals surface area contributed by atoms with Gasteiger partial charge in [0.1, 0.15) is 6.61 Å². The maximum Gasteiger partial charge on any atom is 0.379 e. The Morgan fingerprint density at radius 1 is 0.380 bits per heavy atom. The highest BCUT2D eigenvalue weighted by Crippen LogP contribution is 2.13. The van der Waals surface area contributed by atoms with Crippen molar-refractivity contribution in [2.24, 2.45) is 0 Å². The molecule has 0 saturated heterocycles. The summed E-state index contributed by atoms with van der Waals surface area (Å²) in [6, 6.07) is 8.30. The lowest BCUT2D eigenvalue weighted by Crippen LogP contribution is -2.20. The fourth-order valence-corrected chi connectivity index (χ4v) is 5.14. The predicted octanol–water partition coefficient (Wildman–Crippen LogP) is 7.79. The number of carbonyl (C=O) groups is 2. The Hall–Kier alpha value is -1.92. The van der Waals surface area contributed by atoms with E-state index in [0.29, 0.717) is 84.8 Å². The lowest BCUT2D eigenvalue weighted by atomic mass is 10.0. The first-order chi connectivity index (χ1) is 24.8. The third kappa shape index (κ3) is 32.0. The van der Waals surface area contributed by atoms with Gasteiger partial charge in [0.25, 0.3) is 5.78 Å². The fourth-order valence-electron chi connectivity index (χ4n) is 5.14. The van der Waals surface area contributed by atoms with Crippen LogP contribution in [0.15, 0.2) is 30.3 Å². The molecule has 50 heavy (non-hydrogen) atoms. The highest BCUT2D eigenvalue weighted by molar-refractivity contribution is 6.40. The Balaban J connectivity index is 1.65. The van der Waals surface area contributed by atoms with Gasteiger partial charge in [0, 0.05) is 12.2 Å². The Labute approximate surface area is 303 Å². The average molecular weight is 711 g/mol. The highest BCUT2D eigenvalue weighted by Gasteiger charge is 2.17. The van der Waals surface area contributed by atoms with E-state index in [2.05, 4.69) is 6.92 Å². The molecular weight excluding hydrogens is 640 g/mol. The summed E-state index contributed by atoms with van der Waals surface area (Å²) in [6.45, 7) is 9.29. The van der Waals surface area contributed by atoms with Gasteiger partial charge in [-0.2, -0.15) is 0 Å². The second-order valence-electron chi connectivity index (χ2n) is 12.4. The molecule has 0 heterocycles. The third-order valence-electron chi connectivity index (χ3n) is 8.06. The maximum atomic E-state index is 11.9. The molecule has 0 bridgehead atoms. The summed E-state index contributed by atoms with van der Waals surface area (Å²) >= 11 is 0. The summed E-state index contributed by atoms with van der Waals surface area (Å²) in [5.74, 6) is -1.55. The number of ketones is 1. The summed E-state index contributed by atoms with van der Waals surface area (Å²) < 4.78 is 43.4. The zero-order chi connectivity index (χ0) is 35.8. The molecule has 10 nitrogen and oxygen atoms in total. The smallest absolute Gasteiger partial charge is 0.379 e. The summed E-state index contributed by atoms with van der Waals surface area (Å²) in [5, 5.41) is 0. The monoisotopic (exact) mass is 710 g/mol. The summed E-state index contributed by atoms with van der Waals surface area (Å²) in [5.41, 5.74) is 0.304. The van der Waals surface area contributed by atoms with E-state index >= 15 is 0 Å². The standard InChI is InChI=1S/C40H70O10/c1-2-3-4-5-6-7-8-9-10-11-12-13-14-15-16-20-23-43-24-25-44-26-27-45-28-29-46-30-31-47-32-33-48-34-35-49-36-37-50-40(42)39(41)38-21-18-17-19-22-38/h17-19,21-22H,2-16,20,23-37H2,1H3. The van der Waals surface area contributed by atoms with Gasteiger partial charge in [0.2, 0.25) is 0 Å². The van der Waals surface area contributed by atoms with Crippen LogP contribution in [0.5, 0.6) is 0 Å². The topological polar surface area (TPSA) is 108 Å². The van der Waals surface area contributed by atoms with Gasteiger partial charge in [0.15, 0.2) is 0 Å². The molecule has 0 fully saturated rings. The van der Waals surface area contributed by atoms with Crippen LogP contribution in [0, 0.1) is 0 Å². The molecular formula is C40H70O10. The number of benzene rings is 1. The summed E-state index contributed by atoms with van der Waals surface area (Å²) in [6.07, 6.45) is 22.1. The second kappa shape index (κ2) is 38.3. The van der Waals surface area contributed by atoms with Crippen molar-refractivity contribution in [2.75, 3.05) is 99.1 Å². The van der Waals surface area contributed by atoms with Crippen molar-refractivity contribution < 1.29 is 47.5 Å². The zero-order valence-corrected chi connectivity index (χ0v) is 31.4. The van der Waals surface area contributed by atoms with E-state index in [1.807, 2.05) is 0 Å². The highest BCUT2D eigenvalue weighted by atomic mass is 16.6. The minimum Gasteiger partial charge on any atom is -0.457 e. The molecule has 10 heteroatoms. The first-order valence-corrected chi connectivity index (χ1v) is 19.6. The van der Waals surface area contributed by atoms with Gasteiger partial charge in [0.05, 0.1) is 85.9 Å². The number of Topliss-reactive ketones (excluding diaryl/α,β-unsaturated/α-hetero) is 1. The molecule has 0 aliphatic heterocycles. The molecule has 1 rings (SSSR count). The van der Waals surface area contributed by atoms with E-state index in [1.54, 1.807) is 30.3 Å². The molecule has 1 aromatic rings. The minimum atomic E-state index is -0.887. The Morgan fingerprint density at radius 3 is 1.04 bits per heavy atom. The van der Waals surface area contributed by atoms with Gasteiger partial charge < -0.3 is 37.9 Å². The summed E-state index contributed by atoms with van der Waals surface area (Å²) in [7, 11) is 0. The first-order valence-electron chi connectivity index (χ1n) is 19.6. The van der Waals surface area contributed by atoms with Crippen LogP contribution in [0.2, 0.25) is 0 Å². The van der Waals surface area contributed by atoms with E-state index in [-0.39, 0.29) is 13.2 Å². The van der Waals surface area contributed by atoms with Crippen LogP contribution >= 0.6 is 0 Å². The van der Waals surface area contributed by atoms with Crippen LogP contribution in [0.3, 0.4) is 0 Å². The van der Waals surface area contributed by atoms with Gasteiger partial charge in [-0.15, -0.1) is 0 Å². The summed E-state index contributed by atoms with van der Waals surface area (Å²) in [4.78, 5) is 23.6. The number of rotatable bonds is 40. The minimum absolute atomic E-state index is 0.00837. The van der Waals surface area contributed by atoms with Crippen LogP contribution in [0.1, 0.15) is 120 Å². The molecule has 0 N–H and O–H groups in total. The van der Waals surface area contributed by atoms with E-state index in [0.717, 1.165) is 13.0 Å². The zero-order valence-electron chi connectivity index (χ0n) is 31.4. The van der Waals surface area contributed by atoms with Gasteiger partial charge in [-0.1, -0.05) is 134 Å². The van der Waals surface area contributed by atoms with Gasteiger partial charge in [-0.25, -0.2) is 4.79 Å². The second-order valence-corrected chi connectivity index (χ2v) is 12.4. The van der Waals surface area contributed by atoms with Gasteiger partial charge in [-0.3, -0.25) is 4.79 Å². The predicted molar refractivity (Wildman–Crippen MR) is 197 cm³/mol. The SMILES string of the molecule is CCCCCCCCCCCCCCCCCCOCCOCCOCCOCCOCCOCCOCCOC(=O)C(=O)c1ccccc1. The van der Waals surface area contributed by atoms with Crippen molar-refractivity contribution >= 4 is 11.8 Å². The van der Waals surface area contributed by atoms with Crippen LogP contribution in [-0.2, 0) is 42.7 Å². The molecule has 0 saturated carbocycles. The Morgan fingerprint density at radius 2 is 0.680 bits per heavy atom. The molecule has 0 aliphatic carbocycles. The van der Waals surface area contributed by atoms with Crippen LogP contribution in [0.25, 0.3) is 0 Å². The molecule has 0 aliphatic rings. The van der Waals surface area contributed by atoms with Crippen LogP contribution in [0.4, 0.5) is 0 Å². The van der Waals surface area contributed by atoms with Crippen molar-refractivity contribution in [1.29, 1.82) is 0 Å². The Kier molecular flexibility index (Phi) is 35.3. The molecule has 0 aromatic heterocycles. The lowest BCUT2D eigenvalue weighted by molar-refractivity contribution is -0.139. The normalized spacial score (nSPS) is 11.3. The number of esters is 1. The molecule has 0 atom stereocenters. The Bertz CT molecular complexity index is 854. The number of unbranched alkanes of at least 4 members (excludes halogenated alkanes) is 15. The van der Waals surface area contributed by atoms with Crippen LogP contribution in [-0.4, -0.2) is 111 Å². The number of carbonyl (C=O) groups excluding carboxylic acids is 2. The van der Waals surface area contributed by atoms with E-state index in [1.165, 1.54) is 96.3 Å². The molecule has 1 aromatic carbocycles. The largest absolute Gasteiger partial charge is 0.457 e. The number of hydrogen-bond acceptors (Lipinski definition) is 10. The van der Waals surface area contributed by atoms with Crippen molar-refractivity contribution in [2.45, 2.75) is 110 Å². The number of hydrogen-bond donors (Lipinski definition) is 0. The lowest BCUT2D eigenvalue weighted by Gasteiger charge is -2.09. The quantitative estimate of drug-likeness (QED) is 0.0290. The molecule has 290 valence electrons. The van der Waals surface area contributed by atoms with E-state index in [9.17, 15) is 9.59 Å². The molecule has 0 radical (unpaired) electrons. The first kappa shape index (κ1) is 46.1. The third-order valence-corrected chi connectivity index (χ3v) is 8.06. The fraction of sp³-hybridized carbons (Fsp3) is 0.800. The molecule has 0 amide bonds.